The van der Waals surface area contributed by atoms with Crippen molar-refractivity contribution in [2.45, 2.75) is 57.5 Å². The van der Waals surface area contributed by atoms with Crippen molar-refractivity contribution in [1.82, 2.24) is 9.88 Å². The summed E-state index contributed by atoms with van der Waals surface area (Å²) in [7, 11) is 0. The van der Waals surface area contributed by atoms with E-state index in [0.29, 0.717) is 6.04 Å². The van der Waals surface area contributed by atoms with Gasteiger partial charge in [-0.3, -0.25) is 4.90 Å². The van der Waals surface area contributed by atoms with E-state index < -0.39 is 0 Å². The number of benzene rings is 1. The fourth-order valence-electron chi connectivity index (χ4n) is 4.46. The van der Waals surface area contributed by atoms with Crippen LogP contribution in [-0.4, -0.2) is 29.5 Å². The number of aromatic nitrogens is 1. The Kier molecular flexibility index (Phi) is 5.85. The van der Waals surface area contributed by atoms with E-state index >= 15 is 0 Å². The Hall–Kier alpha value is -1.87. The van der Waals surface area contributed by atoms with Crippen molar-refractivity contribution in [1.29, 1.82) is 0 Å². The summed E-state index contributed by atoms with van der Waals surface area (Å²) in [5.74, 6) is 1.17. The van der Waals surface area contributed by atoms with Crippen LogP contribution in [0.15, 0.2) is 48.7 Å². The second-order valence-corrected chi connectivity index (χ2v) is 7.82. The molecule has 0 unspecified atom stereocenters. The summed E-state index contributed by atoms with van der Waals surface area (Å²) in [4.78, 5) is 9.97. The largest absolute Gasteiger partial charge is 0.357 e. The van der Waals surface area contributed by atoms with Crippen LogP contribution in [0.4, 0.5) is 5.82 Å². The average Bonchev–Trinajstić information content (AvgIpc) is 2.99. The van der Waals surface area contributed by atoms with E-state index in [1.807, 2.05) is 0 Å². The fourth-order valence-corrected chi connectivity index (χ4v) is 4.46. The molecule has 0 saturated carbocycles. The summed E-state index contributed by atoms with van der Waals surface area (Å²) in [6.45, 7) is 4.55. The Morgan fingerprint density at radius 2 is 1.58 bits per heavy atom. The Labute approximate surface area is 158 Å². The van der Waals surface area contributed by atoms with E-state index in [4.69, 9.17) is 4.98 Å². The van der Waals surface area contributed by atoms with Crippen LogP contribution in [0.25, 0.3) is 0 Å². The van der Waals surface area contributed by atoms with E-state index in [-0.39, 0.29) is 0 Å². The molecule has 1 aromatic heterocycles. The molecular weight excluding hydrogens is 318 g/mol. The number of piperidine rings is 1. The summed E-state index contributed by atoms with van der Waals surface area (Å²) in [6.07, 6.45) is 11.4. The molecule has 3 heterocycles. The van der Waals surface area contributed by atoms with E-state index in [1.54, 1.807) is 0 Å². The van der Waals surface area contributed by atoms with Crippen LogP contribution in [0.1, 0.15) is 62.1 Å². The molecule has 1 atom stereocenters. The lowest BCUT2D eigenvalue weighted by atomic mass is 9.95. The maximum absolute atomic E-state index is 4.86. The third-order valence-electron chi connectivity index (χ3n) is 5.93. The Morgan fingerprint density at radius 1 is 0.808 bits per heavy atom. The molecule has 4 rings (SSSR count). The summed E-state index contributed by atoms with van der Waals surface area (Å²) < 4.78 is 0. The zero-order valence-corrected chi connectivity index (χ0v) is 15.8. The number of hydrogen-bond acceptors (Lipinski definition) is 3. The molecule has 26 heavy (non-hydrogen) atoms. The van der Waals surface area contributed by atoms with Gasteiger partial charge in [-0.2, -0.15) is 0 Å². The number of anilines is 1. The smallest absolute Gasteiger partial charge is 0.128 e. The third kappa shape index (κ3) is 4.27. The molecule has 0 N–H and O–H groups in total. The molecule has 3 heteroatoms. The van der Waals surface area contributed by atoms with Crippen molar-refractivity contribution in [2.75, 3.05) is 24.5 Å². The van der Waals surface area contributed by atoms with Gasteiger partial charge in [-0.05, 0) is 49.4 Å². The van der Waals surface area contributed by atoms with Crippen molar-refractivity contribution in [3.05, 3.63) is 59.8 Å². The summed E-state index contributed by atoms with van der Waals surface area (Å²) in [6, 6.07) is 16.0. The minimum absolute atomic E-state index is 0.509. The van der Waals surface area contributed by atoms with Gasteiger partial charge in [-0.15, -0.1) is 0 Å². The molecular formula is C23H31N3. The molecule has 2 aliphatic heterocycles. The minimum atomic E-state index is 0.509. The van der Waals surface area contributed by atoms with E-state index in [1.165, 1.54) is 68.4 Å². The van der Waals surface area contributed by atoms with E-state index in [9.17, 15) is 0 Å². The van der Waals surface area contributed by atoms with Crippen molar-refractivity contribution < 1.29 is 0 Å². The molecule has 0 radical (unpaired) electrons. The predicted octanol–water partition coefficient (Wildman–Crippen LogP) is 5.19. The first-order valence-electron chi connectivity index (χ1n) is 10.4. The Balaban J connectivity index is 1.47. The monoisotopic (exact) mass is 349 g/mol. The van der Waals surface area contributed by atoms with Gasteiger partial charge in [0.2, 0.25) is 0 Å². The normalized spacial score (nSPS) is 22.2. The summed E-state index contributed by atoms with van der Waals surface area (Å²) >= 11 is 0. The van der Waals surface area contributed by atoms with Gasteiger partial charge >= 0.3 is 0 Å². The van der Waals surface area contributed by atoms with Gasteiger partial charge in [-0.1, -0.05) is 55.7 Å². The van der Waals surface area contributed by atoms with Crippen molar-refractivity contribution in [3.8, 4) is 0 Å². The molecule has 138 valence electrons. The summed E-state index contributed by atoms with van der Waals surface area (Å²) in [5, 5.41) is 0. The standard InChI is InChI=1S/C23H31N3/c1-2-8-16-25(15-7-1)23-14-13-21(18-24-23)22-12-6-9-17-26(22)19-20-10-4-3-5-11-20/h3-5,10-11,13-14,18,22H,1-2,6-9,12,15-17,19H2/t22-/m0/s1. The quantitative estimate of drug-likeness (QED) is 0.757. The topological polar surface area (TPSA) is 19.4 Å². The van der Waals surface area contributed by atoms with Gasteiger partial charge in [0, 0.05) is 31.9 Å². The van der Waals surface area contributed by atoms with Crippen molar-refractivity contribution in [2.24, 2.45) is 0 Å². The first-order chi connectivity index (χ1) is 12.9. The van der Waals surface area contributed by atoms with Gasteiger partial charge in [-0.25, -0.2) is 4.98 Å². The highest BCUT2D eigenvalue weighted by Crippen LogP contribution is 2.32. The van der Waals surface area contributed by atoms with Gasteiger partial charge in [0.1, 0.15) is 5.82 Å². The SMILES string of the molecule is c1ccc(CN2CCCC[C@H]2c2ccc(N3CCCCCC3)nc2)cc1. The molecule has 0 spiro atoms. The van der Waals surface area contributed by atoms with E-state index in [0.717, 1.165) is 19.6 Å². The number of rotatable bonds is 4. The number of nitrogens with zero attached hydrogens (tertiary/aromatic N) is 3. The molecule has 2 aromatic rings. The van der Waals surface area contributed by atoms with Crippen molar-refractivity contribution in [3.63, 3.8) is 0 Å². The lowest BCUT2D eigenvalue weighted by molar-refractivity contribution is 0.140. The highest BCUT2D eigenvalue weighted by molar-refractivity contribution is 5.40. The number of likely N-dealkylation sites (tertiary alicyclic amines) is 1. The molecule has 0 aliphatic carbocycles. The van der Waals surface area contributed by atoms with Crippen molar-refractivity contribution >= 4 is 5.82 Å². The maximum Gasteiger partial charge on any atom is 0.128 e. The molecule has 3 nitrogen and oxygen atoms in total. The van der Waals surface area contributed by atoms with Gasteiger partial charge in [0.15, 0.2) is 0 Å². The van der Waals surface area contributed by atoms with Crippen LogP contribution < -0.4 is 4.90 Å². The predicted molar refractivity (Wildman–Crippen MR) is 108 cm³/mol. The highest BCUT2D eigenvalue weighted by atomic mass is 15.2. The number of hydrogen-bond donors (Lipinski definition) is 0. The first kappa shape index (κ1) is 17.5. The van der Waals surface area contributed by atoms with Crippen LogP contribution in [0.2, 0.25) is 0 Å². The molecule has 0 bridgehead atoms. The molecule has 0 amide bonds. The zero-order valence-electron chi connectivity index (χ0n) is 15.8. The van der Waals surface area contributed by atoms with Crippen LogP contribution in [0.5, 0.6) is 0 Å². The maximum atomic E-state index is 4.86. The van der Waals surface area contributed by atoms with Crippen LogP contribution in [-0.2, 0) is 6.54 Å². The second-order valence-electron chi connectivity index (χ2n) is 7.82. The molecule has 2 fully saturated rings. The van der Waals surface area contributed by atoms with E-state index in [2.05, 4.69) is 58.5 Å². The Bertz CT molecular complexity index is 660. The number of pyridine rings is 1. The molecule has 2 aliphatic rings. The zero-order chi connectivity index (χ0) is 17.6. The average molecular weight is 350 g/mol. The molecule has 1 aromatic carbocycles. The fraction of sp³-hybridized carbons (Fsp3) is 0.522. The van der Waals surface area contributed by atoms with Gasteiger partial charge in [0.05, 0.1) is 0 Å². The second kappa shape index (κ2) is 8.68. The third-order valence-corrected chi connectivity index (χ3v) is 5.93. The highest BCUT2D eigenvalue weighted by Gasteiger charge is 2.24. The van der Waals surface area contributed by atoms with Crippen LogP contribution in [0, 0.1) is 0 Å². The van der Waals surface area contributed by atoms with Gasteiger partial charge < -0.3 is 4.90 Å². The first-order valence-corrected chi connectivity index (χ1v) is 10.4. The summed E-state index contributed by atoms with van der Waals surface area (Å²) in [5.41, 5.74) is 2.80. The van der Waals surface area contributed by atoms with Crippen LogP contribution in [0.3, 0.4) is 0 Å². The lowest BCUT2D eigenvalue weighted by Crippen LogP contribution is -2.33. The van der Waals surface area contributed by atoms with Crippen LogP contribution >= 0.6 is 0 Å². The minimum Gasteiger partial charge on any atom is -0.357 e. The van der Waals surface area contributed by atoms with Gasteiger partial charge in [0.25, 0.3) is 0 Å². The molecule has 2 saturated heterocycles. The Morgan fingerprint density at radius 3 is 2.31 bits per heavy atom. The lowest BCUT2D eigenvalue weighted by Gasteiger charge is -2.36.